The van der Waals surface area contributed by atoms with Gasteiger partial charge >= 0.3 is 0 Å². The van der Waals surface area contributed by atoms with Crippen molar-refractivity contribution in [2.45, 2.75) is 0 Å². The van der Waals surface area contributed by atoms with Crippen molar-refractivity contribution >= 4 is 43.9 Å². The zero-order valence-corrected chi connectivity index (χ0v) is 20.5. The van der Waals surface area contributed by atoms with Crippen LogP contribution in [0, 0.1) is 0 Å². The number of fused-ring (bicyclic) bond motifs is 6. The fourth-order valence-electron chi connectivity index (χ4n) is 5.10. The summed E-state index contributed by atoms with van der Waals surface area (Å²) >= 11 is 6.37. The lowest BCUT2D eigenvalue weighted by atomic mass is 9.91. The maximum Gasteiger partial charge on any atom is 0.226 e. The van der Waals surface area contributed by atoms with Crippen molar-refractivity contribution in [1.82, 2.24) is 15.0 Å². The van der Waals surface area contributed by atoms with Crippen LogP contribution >= 0.6 is 11.6 Å². The SMILES string of the molecule is Clc1nc(-c2ccccc2)nc(-c2ccc3c4ccccc4c4ccc(-c5ccccc5)cc4c3c2)n1. The normalized spacial score (nSPS) is 11.4. The molecular formula is C33H20ClN3. The summed E-state index contributed by atoms with van der Waals surface area (Å²) in [5.74, 6) is 1.12. The topological polar surface area (TPSA) is 38.7 Å². The molecule has 0 atom stereocenters. The highest BCUT2D eigenvalue weighted by Crippen LogP contribution is 2.38. The minimum absolute atomic E-state index is 0.179. The molecular weight excluding hydrogens is 474 g/mol. The van der Waals surface area contributed by atoms with Crippen LogP contribution in [-0.2, 0) is 0 Å². The van der Waals surface area contributed by atoms with E-state index in [-0.39, 0.29) is 5.28 Å². The number of rotatable bonds is 3. The van der Waals surface area contributed by atoms with Gasteiger partial charge in [0.15, 0.2) is 11.6 Å². The molecule has 0 aliphatic rings. The average Bonchev–Trinajstić information content (AvgIpc) is 2.97. The molecule has 0 radical (unpaired) electrons. The van der Waals surface area contributed by atoms with Crippen LogP contribution in [-0.4, -0.2) is 15.0 Å². The Kier molecular flexibility index (Phi) is 5.16. The minimum atomic E-state index is 0.179. The lowest BCUT2D eigenvalue weighted by Gasteiger charge is -2.13. The monoisotopic (exact) mass is 493 g/mol. The highest BCUT2D eigenvalue weighted by molar-refractivity contribution is 6.28. The van der Waals surface area contributed by atoms with Gasteiger partial charge in [-0.3, -0.25) is 0 Å². The first-order valence-corrected chi connectivity index (χ1v) is 12.5. The Hall–Kier alpha value is -4.60. The second-order valence-electron chi connectivity index (χ2n) is 9.05. The van der Waals surface area contributed by atoms with E-state index in [2.05, 4.69) is 94.9 Å². The average molecular weight is 494 g/mol. The molecule has 0 unspecified atom stereocenters. The second kappa shape index (κ2) is 8.81. The molecule has 7 aromatic rings. The largest absolute Gasteiger partial charge is 0.226 e. The van der Waals surface area contributed by atoms with Gasteiger partial charge in [0.05, 0.1) is 0 Å². The molecule has 0 saturated carbocycles. The van der Waals surface area contributed by atoms with Gasteiger partial charge in [0.2, 0.25) is 5.28 Å². The molecule has 37 heavy (non-hydrogen) atoms. The van der Waals surface area contributed by atoms with Crippen LogP contribution in [0.3, 0.4) is 0 Å². The number of nitrogens with zero attached hydrogens (tertiary/aromatic N) is 3. The maximum atomic E-state index is 6.37. The maximum absolute atomic E-state index is 6.37. The van der Waals surface area contributed by atoms with Gasteiger partial charge in [-0.2, -0.15) is 9.97 Å². The Bertz CT molecular complexity index is 1930. The van der Waals surface area contributed by atoms with E-state index >= 15 is 0 Å². The van der Waals surface area contributed by atoms with Crippen LogP contribution in [0.1, 0.15) is 0 Å². The molecule has 0 saturated heterocycles. The standard InChI is InChI=1S/C33H20ClN3/c34-33-36-31(22-11-5-2-6-12-22)35-32(37-33)24-16-18-28-26-14-8-7-13-25(26)27-17-15-23(19-29(27)30(28)20-24)21-9-3-1-4-10-21/h1-20H. The van der Waals surface area contributed by atoms with Crippen molar-refractivity contribution in [3.05, 3.63) is 127 Å². The van der Waals surface area contributed by atoms with Crippen LogP contribution in [0.25, 0.3) is 66.2 Å². The van der Waals surface area contributed by atoms with E-state index in [1.165, 1.54) is 38.1 Å². The van der Waals surface area contributed by atoms with Gasteiger partial charge in [-0.25, -0.2) is 4.98 Å². The first kappa shape index (κ1) is 21.7. The zero-order chi connectivity index (χ0) is 24.8. The summed E-state index contributed by atoms with van der Waals surface area (Å²) in [6, 6.07) is 42.1. The third-order valence-electron chi connectivity index (χ3n) is 6.84. The Balaban J connectivity index is 1.50. The molecule has 7 rings (SSSR count). The first-order chi connectivity index (χ1) is 18.2. The summed E-state index contributed by atoms with van der Waals surface area (Å²) in [4.78, 5) is 13.6. The number of halogens is 1. The highest BCUT2D eigenvalue weighted by atomic mass is 35.5. The second-order valence-corrected chi connectivity index (χ2v) is 9.39. The summed E-state index contributed by atoms with van der Waals surface area (Å²) < 4.78 is 0. The first-order valence-electron chi connectivity index (χ1n) is 12.2. The Labute approximate surface area is 219 Å². The molecule has 0 bridgehead atoms. The number of hydrogen-bond donors (Lipinski definition) is 0. The molecule has 1 heterocycles. The molecule has 1 aromatic heterocycles. The van der Waals surface area contributed by atoms with E-state index in [1.54, 1.807) is 0 Å². The van der Waals surface area contributed by atoms with E-state index in [1.807, 2.05) is 36.4 Å². The Morgan fingerprint density at radius 1 is 0.351 bits per heavy atom. The summed E-state index contributed by atoms with van der Waals surface area (Å²) in [5.41, 5.74) is 4.18. The molecule has 0 N–H and O–H groups in total. The molecule has 3 nitrogen and oxygen atoms in total. The van der Waals surface area contributed by atoms with Crippen molar-refractivity contribution in [3.63, 3.8) is 0 Å². The molecule has 0 spiro atoms. The molecule has 174 valence electrons. The van der Waals surface area contributed by atoms with Gasteiger partial charge in [-0.1, -0.05) is 109 Å². The minimum Gasteiger partial charge on any atom is -0.208 e. The smallest absolute Gasteiger partial charge is 0.208 e. The zero-order valence-electron chi connectivity index (χ0n) is 19.8. The molecule has 6 aromatic carbocycles. The molecule has 0 amide bonds. The van der Waals surface area contributed by atoms with E-state index in [0.717, 1.165) is 16.5 Å². The van der Waals surface area contributed by atoms with Gasteiger partial charge < -0.3 is 0 Å². The fraction of sp³-hybridized carbons (Fsp3) is 0. The van der Waals surface area contributed by atoms with Gasteiger partial charge in [-0.05, 0) is 67.2 Å². The van der Waals surface area contributed by atoms with Crippen molar-refractivity contribution < 1.29 is 0 Å². The Morgan fingerprint density at radius 3 is 1.43 bits per heavy atom. The number of hydrogen-bond acceptors (Lipinski definition) is 3. The lowest BCUT2D eigenvalue weighted by molar-refractivity contribution is 1.07. The van der Waals surface area contributed by atoms with Crippen LogP contribution in [0.4, 0.5) is 0 Å². The van der Waals surface area contributed by atoms with Crippen molar-refractivity contribution in [3.8, 4) is 33.9 Å². The van der Waals surface area contributed by atoms with Gasteiger partial charge in [-0.15, -0.1) is 0 Å². The molecule has 0 aliphatic heterocycles. The summed E-state index contributed by atoms with van der Waals surface area (Å²) in [7, 11) is 0. The van der Waals surface area contributed by atoms with Crippen LogP contribution in [0.5, 0.6) is 0 Å². The third-order valence-corrected chi connectivity index (χ3v) is 7.01. The van der Waals surface area contributed by atoms with Crippen molar-refractivity contribution in [1.29, 1.82) is 0 Å². The predicted octanol–water partition coefficient (Wildman–Crippen LogP) is 8.99. The van der Waals surface area contributed by atoms with E-state index in [0.29, 0.717) is 11.6 Å². The molecule has 4 heteroatoms. The van der Waals surface area contributed by atoms with E-state index < -0.39 is 0 Å². The quantitative estimate of drug-likeness (QED) is 0.230. The summed E-state index contributed by atoms with van der Waals surface area (Å²) in [6.45, 7) is 0. The van der Waals surface area contributed by atoms with Gasteiger partial charge in [0.1, 0.15) is 0 Å². The summed E-state index contributed by atoms with van der Waals surface area (Å²) in [5, 5.41) is 7.41. The summed E-state index contributed by atoms with van der Waals surface area (Å²) in [6.07, 6.45) is 0. The Morgan fingerprint density at radius 2 is 0.811 bits per heavy atom. The molecule has 0 aliphatic carbocycles. The van der Waals surface area contributed by atoms with Gasteiger partial charge in [0, 0.05) is 11.1 Å². The predicted molar refractivity (Wildman–Crippen MR) is 154 cm³/mol. The van der Waals surface area contributed by atoms with Crippen LogP contribution in [0.2, 0.25) is 5.28 Å². The van der Waals surface area contributed by atoms with Gasteiger partial charge in [0.25, 0.3) is 0 Å². The number of benzene rings is 6. The van der Waals surface area contributed by atoms with Crippen molar-refractivity contribution in [2.24, 2.45) is 0 Å². The fourth-order valence-corrected chi connectivity index (χ4v) is 5.26. The highest BCUT2D eigenvalue weighted by Gasteiger charge is 2.14. The number of aromatic nitrogens is 3. The van der Waals surface area contributed by atoms with Crippen LogP contribution < -0.4 is 0 Å². The van der Waals surface area contributed by atoms with Crippen LogP contribution in [0.15, 0.2) is 121 Å². The molecule has 0 fully saturated rings. The van der Waals surface area contributed by atoms with E-state index in [9.17, 15) is 0 Å². The lowest BCUT2D eigenvalue weighted by Crippen LogP contribution is -1.97. The van der Waals surface area contributed by atoms with Crippen molar-refractivity contribution in [2.75, 3.05) is 0 Å². The third kappa shape index (κ3) is 3.81. The van der Waals surface area contributed by atoms with E-state index in [4.69, 9.17) is 16.6 Å².